The van der Waals surface area contributed by atoms with Crippen molar-refractivity contribution in [3.63, 3.8) is 0 Å². The molecule has 30 heavy (non-hydrogen) atoms. The van der Waals surface area contributed by atoms with Gasteiger partial charge in [0.05, 0.1) is 18.3 Å². The van der Waals surface area contributed by atoms with Crippen LogP contribution in [0.15, 0.2) is 0 Å². The van der Waals surface area contributed by atoms with Gasteiger partial charge in [-0.1, -0.05) is 20.8 Å². The summed E-state index contributed by atoms with van der Waals surface area (Å²) in [5.41, 5.74) is -0.172. The minimum atomic E-state index is -0.998. The fraction of sp³-hybridized carbons (Fsp3) is 0.958. The third kappa shape index (κ3) is 3.71. The molecule has 0 bridgehead atoms. The molecule has 6 heteroatoms. The number of carbonyl (C=O) groups is 1. The second kappa shape index (κ2) is 8.71. The number of aliphatic carboxylic acids is 1. The van der Waals surface area contributed by atoms with Crippen molar-refractivity contribution in [1.29, 1.82) is 0 Å². The fourth-order valence-corrected chi connectivity index (χ4v) is 8.68. The third-order valence-corrected chi connectivity index (χ3v) is 10.3. The smallest absolute Gasteiger partial charge is 0.550 e. The number of carbonyl (C=O) groups excluding carboxylic acids is 1. The van der Waals surface area contributed by atoms with Crippen molar-refractivity contribution >= 4 is 5.97 Å². The average molecular weight is 415 g/mol. The quantitative estimate of drug-likeness (QED) is 0.519. The van der Waals surface area contributed by atoms with Gasteiger partial charge in [-0.3, -0.25) is 0 Å². The van der Waals surface area contributed by atoms with E-state index >= 15 is 0 Å². The molecule has 4 rings (SSSR count). The van der Waals surface area contributed by atoms with Crippen LogP contribution in [-0.4, -0.2) is 39.6 Å². The Morgan fingerprint density at radius 2 is 1.77 bits per heavy atom. The summed E-state index contributed by atoms with van der Waals surface area (Å²) in [6.07, 6.45) is 5.72. The summed E-state index contributed by atoms with van der Waals surface area (Å²) in [6, 6.07) is 0. The number of carboxylic acid groups (broad SMARTS) is 1. The van der Waals surface area contributed by atoms with Crippen LogP contribution in [0.4, 0.5) is 0 Å². The molecule has 0 spiro atoms. The van der Waals surface area contributed by atoms with E-state index in [4.69, 9.17) is 0 Å². The molecule has 0 heterocycles. The zero-order valence-electron chi connectivity index (χ0n) is 19.2. The number of carboxylic acids is 1. The molecule has 3 N–H and O–H groups in total. The van der Waals surface area contributed by atoms with Gasteiger partial charge in [-0.15, -0.1) is 0 Å². The number of hydrogen-bond acceptors (Lipinski definition) is 5. The maximum atomic E-state index is 11.5. The SMILES string of the molecule is C[C@H](CCC(=O)[O-])[C@H]1CC[C@H]2[C@@H]3[C@H](O)C[C@@H]4C[C@H](O)CC[C@]4(C)[C@H]3C[C@H](O)[C@]12C.[Li+]. The van der Waals surface area contributed by atoms with E-state index in [0.29, 0.717) is 18.3 Å². The third-order valence-electron chi connectivity index (χ3n) is 10.3. The molecule has 0 aromatic heterocycles. The summed E-state index contributed by atoms with van der Waals surface area (Å²) in [4.78, 5) is 11.0. The Kier molecular flexibility index (Phi) is 7.14. The standard InChI is InChI=1S/C24H40O5.Li/c1-13(4-7-21(28)29)16-5-6-17-22-18(12-20(27)24(16,17)3)23(2)9-8-15(25)10-14(23)11-19(22)26;/h13-20,22,25-27H,4-12H2,1-3H3,(H,28,29);/q;+1/p-1/t13-,14+,15-,16-,17+,18+,19-,20+,22+,23+,24-;/m1./s1. The van der Waals surface area contributed by atoms with Gasteiger partial charge in [0, 0.05) is 5.97 Å². The van der Waals surface area contributed by atoms with Crippen molar-refractivity contribution in [2.24, 2.45) is 46.3 Å². The summed E-state index contributed by atoms with van der Waals surface area (Å²) < 4.78 is 0. The van der Waals surface area contributed by atoms with Gasteiger partial charge >= 0.3 is 18.9 Å². The molecule has 4 fully saturated rings. The zero-order valence-corrected chi connectivity index (χ0v) is 19.2. The van der Waals surface area contributed by atoms with Gasteiger partial charge in [-0.25, -0.2) is 0 Å². The Hall–Kier alpha value is -0.0526. The van der Waals surface area contributed by atoms with Crippen molar-refractivity contribution in [2.75, 3.05) is 0 Å². The molecule has 0 aromatic carbocycles. The largest absolute Gasteiger partial charge is 1.00 e. The minimum absolute atomic E-state index is 0. The van der Waals surface area contributed by atoms with Crippen LogP contribution in [0.25, 0.3) is 0 Å². The number of aliphatic hydroxyl groups excluding tert-OH is 3. The molecule has 0 aromatic rings. The fourth-order valence-electron chi connectivity index (χ4n) is 8.68. The van der Waals surface area contributed by atoms with Crippen LogP contribution in [0.1, 0.15) is 78.6 Å². The predicted octanol–water partition coefficient (Wildman–Crippen LogP) is -0.882. The van der Waals surface area contributed by atoms with E-state index in [1.54, 1.807) is 0 Å². The van der Waals surface area contributed by atoms with Crippen molar-refractivity contribution in [3.8, 4) is 0 Å². The van der Waals surface area contributed by atoms with Crippen LogP contribution < -0.4 is 24.0 Å². The van der Waals surface area contributed by atoms with E-state index in [1.165, 1.54) is 0 Å². The summed E-state index contributed by atoms with van der Waals surface area (Å²) in [5.74, 6) is 0.635. The van der Waals surface area contributed by atoms with E-state index in [2.05, 4.69) is 20.8 Å². The number of hydrogen-bond donors (Lipinski definition) is 3. The number of fused-ring (bicyclic) bond motifs is 5. The Bertz CT molecular complexity index is 643. The Morgan fingerprint density at radius 3 is 2.43 bits per heavy atom. The first-order valence-electron chi connectivity index (χ1n) is 11.8. The van der Waals surface area contributed by atoms with Gasteiger partial charge in [-0.2, -0.15) is 0 Å². The first-order chi connectivity index (χ1) is 13.6. The second-order valence-corrected chi connectivity index (χ2v) is 11.4. The first kappa shape index (κ1) is 24.6. The molecule has 4 aliphatic rings. The average Bonchev–Trinajstić information content (AvgIpc) is 3.01. The minimum Gasteiger partial charge on any atom is -0.550 e. The van der Waals surface area contributed by atoms with E-state index in [1.807, 2.05) is 0 Å². The monoisotopic (exact) mass is 414 g/mol. The van der Waals surface area contributed by atoms with E-state index < -0.39 is 12.1 Å². The van der Waals surface area contributed by atoms with Crippen LogP contribution in [0.5, 0.6) is 0 Å². The number of aliphatic hydroxyl groups is 3. The maximum absolute atomic E-state index is 11.5. The van der Waals surface area contributed by atoms with Crippen LogP contribution in [0, 0.1) is 46.3 Å². The molecule has 0 radical (unpaired) electrons. The second-order valence-electron chi connectivity index (χ2n) is 11.4. The molecule has 11 atom stereocenters. The molecule has 166 valence electrons. The number of rotatable bonds is 4. The summed E-state index contributed by atoms with van der Waals surface area (Å²) in [5, 5.41) is 43.9. The van der Waals surface area contributed by atoms with E-state index in [0.717, 1.165) is 44.9 Å². The van der Waals surface area contributed by atoms with Crippen LogP contribution in [-0.2, 0) is 4.79 Å². The molecule has 0 unspecified atom stereocenters. The molecule has 5 nitrogen and oxygen atoms in total. The van der Waals surface area contributed by atoms with Gasteiger partial charge in [-0.05, 0) is 104 Å². The van der Waals surface area contributed by atoms with Crippen molar-refractivity contribution in [3.05, 3.63) is 0 Å². The molecular weight excluding hydrogens is 375 g/mol. The first-order valence-corrected chi connectivity index (χ1v) is 11.8. The van der Waals surface area contributed by atoms with Crippen LogP contribution in [0.2, 0.25) is 0 Å². The normalized spacial score (nSPS) is 51.1. The van der Waals surface area contributed by atoms with E-state index in [9.17, 15) is 25.2 Å². The van der Waals surface area contributed by atoms with Gasteiger partial charge in [0.1, 0.15) is 0 Å². The van der Waals surface area contributed by atoms with Crippen molar-refractivity contribution < 1.29 is 44.1 Å². The van der Waals surface area contributed by atoms with Crippen LogP contribution >= 0.6 is 0 Å². The van der Waals surface area contributed by atoms with Gasteiger partial charge < -0.3 is 25.2 Å². The maximum Gasteiger partial charge on any atom is 1.00 e. The van der Waals surface area contributed by atoms with Gasteiger partial charge in [0.25, 0.3) is 0 Å². The molecule has 0 aliphatic heterocycles. The molecule has 4 saturated carbocycles. The van der Waals surface area contributed by atoms with Crippen molar-refractivity contribution in [2.45, 2.75) is 96.9 Å². The van der Waals surface area contributed by atoms with Gasteiger partial charge in [0.2, 0.25) is 0 Å². The summed E-state index contributed by atoms with van der Waals surface area (Å²) in [6.45, 7) is 6.67. The summed E-state index contributed by atoms with van der Waals surface area (Å²) in [7, 11) is 0. The van der Waals surface area contributed by atoms with Gasteiger partial charge in [0.15, 0.2) is 0 Å². The molecular formula is C24H39LiO5. The zero-order chi connectivity index (χ0) is 21.1. The Morgan fingerprint density at radius 1 is 1.07 bits per heavy atom. The predicted molar refractivity (Wildman–Crippen MR) is 107 cm³/mol. The van der Waals surface area contributed by atoms with Crippen molar-refractivity contribution in [1.82, 2.24) is 0 Å². The molecule has 4 aliphatic carbocycles. The molecule has 0 saturated heterocycles. The topological polar surface area (TPSA) is 101 Å². The molecule has 0 amide bonds. The van der Waals surface area contributed by atoms with E-state index in [-0.39, 0.29) is 72.0 Å². The Labute approximate surface area is 193 Å². The summed E-state index contributed by atoms with van der Waals surface area (Å²) >= 11 is 0. The van der Waals surface area contributed by atoms with Crippen LogP contribution in [0.3, 0.4) is 0 Å². The Balaban J connectivity index is 0.00000256.